The number of fused-ring (bicyclic) bond motifs is 5. The molecule has 3 aromatic rings. The van der Waals surface area contributed by atoms with E-state index < -0.39 is 0 Å². The summed E-state index contributed by atoms with van der Waals surface area (Å²) in [5.41, 5.74) is 7.67. The van der Waals surface area contributed by atoms with Crippen molar-refractivity contribution in [1.29, 1.82) is 0 Å². The Kier molecular flexibility index (Phi) is 2.42. The molecule has 0 aromatic heterocycles. The van der Waals surface area contributed by atoms with Gasteiger partial charge in [-0.3, -0.25) is 0 Å². The Morgan fingerprint density at radius 1 is 0.857 bits per heavy atom. The third-order valence-electron chi connectivity index (χ3n) is 4.87. The lowest BCUT2D eigenvalue weighted by Gasteiger charge is -2.22. The molecule has 0 N–H and O–H groups in total. The van der Waals surface area contributed by atoms with Crippen LogP contribution in [-0.4, -0.2) is 7.85 Å². The molecular weight excluding hydrogens is 251 g/mol. The molecule has 0 fully saturated rings. The summed E-state index contributed by atoms with van der Waals surface area (Å²) in [6, 6.07) is 17.4. The van der Waals surface area contributed by atoms with Gasteiger partial charge in [0.05, 0.1) is 0 Å². The van der Waals surface area contributed by atoms with Crippen LogP contribution in [0, 0.1) is 6.92 Å². The molecule has 0 unspecified atom stereocenters. The maximum atomic E-state index is 6.32. The van der Waals surface area contributed by atoms with Crippen molar-refractivity contribution in [3.63, 3.8) is 0 Å². The summed E-state index contributed by atoms with van der Waals surface area (Å²) < 4.78 is 0. The van der Waals surface area contributed by atoms with Crippen LogP contribution < -0.4 is 5.46 Å². The molecule has 2 radical (unpaired) electrons. The van der Waals surface area contributed by atoms with Crippen LogP contribution in [0.1, 0.15) is 30.5 Å². The van der Waals surface area contributed by atoms with Crippen molar-refractivity contribution < 1.29 is 0 Å². The Morgan fingerprint density at radius 2 is 1.57 bits per heavy atom. The fourth-order valence-electron chi connectivity index (χ4n) is 3.72. The molecule has 0 spiro atoms. The van der Waals surface area contributed by atoms with Gasteiger partial charge in [-0.25, -0.2) is 0 Å². The predicted octanol–water partition coefficient (Wildman–Crippen LogP) is 4.25. The van der Waals surface area contributed by atoms with Crippen LogP contribution in [0.5, 0.6) is 0 Å². The first-order valence-electron chi connectivity index (χ1n) is 7.43. The highest BCUT2D eigenvalue weighted by molar-refractivity contribution is 6.39. The molecule has 1 heteroatoms. The van der Waals surface area contributed by atoms with E-state index >= 15 is 0 Å². The molecule has 1 aliphatic carbocycles. The minimum Gasteiger partial charge on any atom is -0.0886 e. The first-order valence-corrected chi connectivity index (χ1v) is 7.43. The molecule has 0 amide bonds. The zero-order valence-corrected chi connectivity index (χ0v) is 12.7. The predicted molar refractivity (Wildman–Crippen MR) is 91.6 cm³/mol. The standard InChI is InChI=1S/C20H17B/c1-12-8-9-15-16(10-12)20(2,3)17-11-18(21)13-6-4-5-7-14(13)19(15)17/h4-11H,1-3H3. The van der Waals surface area contributed by atoms with Gasteiger partial charge in [0.15, 0.2) is 0 Å². The van der Waals surface area contributed by atoms with Crippen molar-refractivity contribution in [2.75, 3.05) is 0 Å². The Hall–Kier alpha value is -2.02. The molecule has 3 aromatic carbocycles. The maximum Gasteiger partial charge on any atom is 0.114 e. The lowest BCUT2D eigenvalue weighted by molar-refractivity contribution is 0.660. The van der Waals surface area contributed by atoms with E-state index in [1.54, 1.807) is 0 Å². The van der Waals surface area contributed by atoms with Crippen LogP contribution in [0.2, 0.25) is 0 Å². The van der Waals surface area contributed by atoms with Crippen LogP contribution >= 0.6 is 0 Å². The second-order valence-corrected chi connectivity index (χ2v) is 6.61. The maximum absolute atomic E-state index is 6.32. The van der Waals surface area contributed by atoms with Crippen LogP contribution in [0.3, 0.4) is 0 Å². The van der Waals surface area contributed by atoms with E-state index in [-0.39, 0.29) is 5.41 Å². The molecule has 0 atom stereocenters. The molecule has 0 bridgehead atoms. The highest BCUT2D eigenvalue weighted by Crippen LogP contribution is 2.50. The molecular formula is C20H17B. The second-order valence-electron chi connectivity index (χ2n) is 6.61. The number of hydrogen-bond acceptors (Lipinski definition) is 0. The summed E-state index contributed by atoms with van der Waals surface area (Å²) in [5, 5.41) is 2.42. The highest BCUT2D eigenvalue weighted by atomic mass is 14.4. The zero-order chi connectivity index (χ0) is 14.8. The van der Waals surface area contributed by atoms with Crippen molar-refractivity contribution in [3.8, 4) is 11.1 Å². The summed E-state index contributed by atoms with van der Waals surface area (Å²) in [6.07, 6.45) is 0. The lowest BCUT2D eigenvalue weighted by atomic mass is 9.78. The number of benzene rings is 3. The molecule has 1 aliphatic rings. The zero-order valence-electron chi connectivity index (χ0n) is 12.7. The van der Waals surface area contributed by atoms with Gasteiger partial charge in [-0.2, -0.15) is 0 Å². The molecule has 0 saturated carbocycles. The van der Waals surface area contributed by atoms with Gasteiger partial charge in [-0.15, -0.1) is 0 Å². The average molecular weight is 268 g/mol. The fraction of sp³-hybridized carbons (Fsp3) is 0.200. The fourth-order valence-corrected chi connectivity index (χ4v) is 3.72. The van der Waals surface area contributed by atoms with E-state index in [9.17, 15) is 0 Å². The summed E-state index contributed by atoms with van der Waals surface area (Å²) in [7, 11) is 6.32. The largest absolute Gasteiger partial charge is 0.114 e. The first kappa shape index (κ1) is 12.7. The first-order chi connectivity index (χ1) is 10.00. The second kappa shape index (κ2) is 4.01. The van der Waals surface area contributed by atoms with Crippen LogP contribution in [-0.2, 0) is 5.41 Å². The number of hydrogen-bond donors (Lipinski definition) is 0. The van der Waals surface area contributed by atoms with Crippen molar-refractivity contribution in [3.05, 3.63) is 65.2 Å². The van der Waals surface area contributed by atoms with Crippen LogP contribution in [0.4, 0.5) is 0 Å². The van der Waals surface area contributed by atoms with Gasteiger partial charge < -0.3 is 0 Å². The summed E-state index contributed by atoms with van der Waals surface area (Å²) in [6.45, 7) is 6.75. The van der Waals surface area contributed by atoms with Crippen LogP contribution in [0.15, 0.2) is 48.5 Å². The third kappa shape index (κ3) is 1.58. The SMILES string of the molecule is [B]c1cc2c(c3ccccc13)-c1ccc(C)cc1C2(C)C. The van der Waals surface area contributed by atoms with Gasteiger partial charge in [0.1, 0.15) is 7.85 Å². The van der Waals surface area contributed by atoms with E-state index in [2.05, 4.69) is 69.3 Å². The van der Waals surface area contributed by atoms with Gasteiger partial charge in [0.2, 0.25) is 0 Å². The Balaban J connectivity index is 2.22. The Labute approximate surface area is 127 Å². The average Bonchev–Trinajstić information content (AvgIpc) is 2.68. The third-order valence-corrected chi connectivity index (χ3v) is 4.87. The summed E-state index contributed by atoms with van der Waals surface area (Å²) in [4.78, 5) is 0. The summed E-state index contributed by atoms with van der Waals surface area (Å²) in [5.74, 6) is 0. The van der Waals surface area contributed by atoms with Gasteiger partial charge in [-0.05, 0) is 39.9 Å². The lowest BCUT2D eigenvalue weighted by Crippen LogP contribution is -2.18. The normalized spacial score (nSPS) is 15.0. The van der Waals surface area contributed by atoms with Crippen molar-refractivity contribution in [2.45, 2.75) is 26.2 Å². The van der Waals surface area contributed by atoms with Crippen molar-refractivity contribution >= 4 is 24.1 Å². The van der Waals surface area contributed by atoms with Gasteiger partial charge in [0.25, 0.3) is 0 Å². The van der Waals surface area contributed by atoms with Gasteiger partial charge >= 0.3 is 0 Å². The Bertz CT molecular complexity index is 888. The highest BCUT2D eigenvalue weighted by Gasteiger charge is 2.36. The molecule has 21 heavy (non-hydrogen) atoms. The van der Waals surface area contributed by atoms with Crippen molar-refractivity contribution in [2.24, 2.45) is 0 Å². The van der Waals surface area contributed by atoms with E-state index in [4.69, 9.17) is 7.85 Å². The van der Waals surface area contributed by atoms with Crippen LogP contribution in [0.25, 0.3) is 21.9 Å². The smallest absolute Gasteiger partial charge is 0.0886 e. The van der Waals surface area contributed by atoms with Crippen molar-refractivity contribution in [1.82, 2.24) is 0 Å². The van der Waals surface area contributed by atoms with E-state index in [0.717, 1.165) is 10.8 Å². The van der Waals surface area contributed by atoms with Gasteiger partial charge in [-0.1, -0.05) is 73.4 Å². The Morgan fingerprint density at radius 3 is 2.33 bits per heavy atom. The molecule has 100 valence electrons. The molecule has 4 rings (SSSR count). The van der Waals surface area contributed by atoms with E-state index in [0.29, 0.717) is 0 Å². The molecule has 0 nitrogen and oxygen atoms in total. The summed E-state index contributed by atoms with van der Waals surface area (Å²) >= 11 is 0. The number of aryl methyl sites for hydroxylation is 1. The van der Waals surface area contributed by atoms with Gasteiger partial charge in [0, 0.05) is 5.41 Å². The van der Waals surface area contributed by atoms with E-state index in [1.165, 1.54) is 33.2 Å². The topological polar surface area (TPSA) is 0 Å². The molecule has 0 aliphatic heterocycles. The monoisotopic (exact) mass is 268 g/mol. The van der Waals surface area contributed by atoms with E-state index in [1.807, 2.05) is 0 Å². The quantitative estimate of drug-likeness (QED) is 0.535. The molecule has 0 heterocycles. The molecule has 0 saturated heterocycles. The minimum atomic E-state index is 0.00877. The minimum absolute atomic E-state index is 0.00877. The number of rotatable bonds is 0.